The Hall–Kier alpha value is -1.05. The van der Waals surface area contributed by atoms with Crippen LogP contribution in [0.5, 0.6) is 0 Å². The first-order chi connectivity index (χ1) is 8.99. The van der Waals surface area contributed by atoms with Crippen LogP contribution in [0.2, 0.25) is 5.02 Å². The second kappa shape index (κ2) is 5.94. The predicted octanol–water partition coefficient (Wildman–Crippen LogP) is 5.93. The molecule has 0 aliphatic rings. The van der Waals surface area contributed by atoms with E-state index in [9.17, 15) is 4.39 Å². The fraction of sp³-hybridized carbons (Fsp3) is 0.250. The highest BCUT2D eigenvalue weighted by atomic mass is 35.5. The third kappa shape index (κ3) is 3.29. The van der Waals surface area contributed by atoms with Crippen LogP contribution in [0.3, 0.4) is 0 Å². The van der Waals surface area contributed by atoms with Gasteiger partial charge in [-0.1, -0.05) is 55.8 Å². The van der Waals surface area contributed by atoms with Gasteiger partial charge in [0.05, 0.1) is 10.4 Å². The van der Waals surface area contributed by atoms with Crippen molar-refractivity contribution in [3.63, 3.8) is 0 Å². The fourth-order valence-electron chi connectivity index (χ4n) is 1.91. The standard InChI is InChI=1S/C16H15Cl2F/c1-10(2)11-3-5-12(6-4-11)16(18)13-7-8-14(17)15(19)9-13/h3-10,16H,1-2H3. The molecular formula is C16H15Cl2F. The minimum Gasteiger partial charge on any atom is -0.205 e. The largest absolute Gasteiger partial charge is 0.205 e. The number of hydrogen-bond acceptors (Lipinski definition) is 0. The van der Waals surface area contributed by atoms with Crippen LogP contribution in [0.15, 0.2) is 42.5 Å². The molecule has 2 aromatic rings. The van der Waals surface area contributed by atoms with Crippen molar-refractivity contribution in [3.05, 3.63) is 70.0 Å². The third-order valence-electron chi connectivity index (χ3n) is 3.13. The van der Waals surface area contributed by atoms with Crippen molar-refractivity contribution in [2.75, 3.05) is 0 Å². The van der Waals surface area contributed by atoms with E-state index < -0.39 is 5.82 Å². The summed E-state index contributed by atoms with van der Waals surface area (Å²) in [6.45, 7) is 4.28. The van der Waals surface area contributed by atoms with Crippen LogP contribution in [0.4, 0.5) is 4.39 Å². The van der Waals surface area contributed by atoms with Gasteiger partial charge in [-0.25, -0.2) is 4.39 Å². The molecule has 0 aromatic heterocycles. The van der Waals surface area contributed by atoms with Crippen LogP contribution in [0.25, 0.3) is 0 Å². The van der Waals surface area contributed by atoms with Gasteiger partial charge in [0, 0.05) is 0 Å². The zero-order chi connectivity index (χ0) is 14.0. The fourth-order valence-corrected chi connectivity index (χ4v) is 2.31. The lowest BCUT2D eigenvalue weighted by Crippen LogP contribution is -1.95. The topological polar surface area (TPSA) is 0 Å². The molecule has 2 aromatic carbocycles. The van der Waals surface area contributed by atoms with Crippen LogP contribution in [0.1, 0.15) is 41.8 Å². The molecule has 1 unspecified atom stereocenters. The Labute approximate surface area is 123 Å². The summed E-state index contributed by atoms with van der Waals surface area (Å²) >= 11 is 12.0. The van der Waals surface area contributed by atoms with Gasteiger partial charge < -0.3 is 0 Å². The zero-order valence-electron chi connectivity index (χ0n) is 10.8. The molecule has 0 N–H and O–H groups in total. The second-order valence-electron chi connectivity index (χ2n) is 4.86. The molecule has 0 radical (unpaired) electrons. The maximum Gasteiger partial charge on any atom is 0.142 e. The molecular weight excluding hydrogens is 282 g/mol. The van der Waals surface area contributed by atoms with Crippen molar-refractivity contribution in [2.24, 2.45) is 0 Å². The minimum atomic E-state index is -0.441. The molecule has 0 bridgehead atoms. The Morgan fingerprint density at radius 3 is 1.95 bits per heavy atom. The van der Waals surface area contributed by atoms with Crippen molar-refractivity contribution in [1.29, 1.82) is 0 Å². The van der Waals surface area contributed by atoms with Crippen molar-refractivity contribution in [1.82, 2.24) is 0 Å². The highest BCUT2D eigenvalue weighted by Crippen LogP contribution is 2.31. The van der Waals surface area contributed by atoms with Crippen molar-refractivity contribution in [3.8, 4) is 0 Å². The van der Waals surface area contributed by atoms with Gasteiger partial charge in [-0.2, -0.15) is 0 Å². The first-order valence-corrected chi connectivity index (χ1v) is 6.99. The Kier molecular flexibility index (Phi) is 4.49. The van der Waals surface area contributed by atoms with E-state index in [1.54, 1.807) is 6.07 Å². The summed E-state index contributed by atoms with van der Waals surface area (Å²) in [6, 6.07) is 12.8. The first-order valence-electron chi connectivity index (χ1n) is 6.18. The van der Waals surface area contributed by atoms with Crippen LogP contribution in [-0.4, -0.2) is 0 Å². The summed E-state index contributed by atoms with van der Waals surface area (Å²) < 4.78 is 13.4. The number of hydrogen-bond donors (Lipinski definition) is 0. The summed E-state index contributed by atoms with van der Waals surface area (Å²) in [4.78, 5) is 0. The molecule has 3 heteroatoms. The van der Waals surface area contributed by atoms with Crippen LogP contribution in [0, 0.1) is 5.82 Å². The van der Waals surface area contributed by atoms with E-state index >= 15 is 0 Å². The molecule has 0 saturated carbocycles. The molecule has 19 heavy (non-hydrogen) atoms. The normalized spacial score (nSPS) is 12.7. The third-order valence-corrected chi connectivity index (χ3v) is 3.94. The lowest BCUT2D eigenvalue weighted by molar-refractivity contribution is 0.626. The zero-order valence-corrected chi connectivity index (χ0v) is 12.3. The van der Waals surface area contributed by atoms with E-state index in [1.807, 2.05) is 12.1 Å². The quantitative estimate of drug-likeness (QED) is 0.616. The molecule has 2 rings (SSSR count). The summed E-state index contributed by atoms with van der Waals surface area (Å²) in [5, 5.41) is -0.254. The minimum absolute atomic E-state index is 0.114. The lowest BCUT2D eigenvalue weighted by Gasteiger charge is -2.12. The Balaban J connectivity index is 2.27. The predicted molar refractivity (Wildman–Crippen MR) is 79.6 cm³/mol. The Morgan fingerprint density at radius 1 is 0.895 bits per heavy atom. The number of alkyl halides is 1. The number of halogens is 3. The molecule has 0 aliphatic carbocycles. The van der Waals surface area contributed by atoms with Crippen LogP contribution >= 0.6 is 23.2 Å². The van der Waals surface area contributed by atoms with Gasteiger partial charge in [0.25, 0.3) is 0 Å². The average molecular weight is 297 g/mol. The number of rotatable bonds is 3. The van der Waals surface area contributed by atoms with Crippen molar-refractivity contribution >= 4 is 23.2 Å². The molecule has 0 amide bonds. The summed E-state index contributed by atoms with van der Waals surface area (Å²) in [6.07, 6.45) is 0. The molecule has 0 saturated heterocycles. The van der Waals surface area contributed by atoms with E-state index in [0.29, 0.717) is 11.5 Å². The van der Waals surface area contributed by atoms with E-state index in [4.69, 9.17) is 23.2 Å². The summed E-state index contributed by atoms with van der Waals surface area (Å²) in [7, 11) is 0. The molecule has 1 atom stereocenters. The second-order valence-corrected chi connectivity index (χ2v) is 5.70. The summed E-state index contributed by atoms with van der Waals surface area (Å²) in [5.41, 5.74) is 2.92. The maximum absolute atomic E-state index is 13.4. The molecule has 0 fully saturated rings. The summed E-state index contributed by atoms with van der Waals surface area (Å²) in [5.74, 6) is 0.0411. The SMILES string of the molecule is CC(C)c1ccc(C(Cl)c2ccc(Cl)c(F)c2)cc1. The lowest BCUT2D eigenvalue weighted by atomic mass is 9.98. The van der Waals surface area contributed by atoms with Gasteiger partial charge in [-0.05, 0) is 34.7 Å². The highest BCUT2D eigenvalue weighted by molar-refractivity contribution is 6.30. The molecule has 0 heterocycles. The smallest absolute Gasteiger partial charge is 0.142 e. The molecule has 0 aliphatic heterocycles. The van der Waals surface area contributed by atoms with Gasteiger partial charge in [-0.15, -0.1) is 11.6 Å². The van der Waals surface area contributed by atoms with Gasteiger partial charge in [-0.3, -0.25) is 0 Å². The first kappa shape index (κ1) is 14.4. The maximum atomic E-state index is 13.4. The molecule has 100 valence electrons. The Morgan fingerprint density at radius 2 is 1.42 bits per heavy atom. The Bertz CT molecular complexity index is 561. The monoisotopic (exact) mass is 296 g/mol. The van der Waals surface area contributed by atoms with Gasteiger partial charge in [0.2, 0.25) is 0 Å². The van der Waals surface area contributed by atoms with Gasteiger partial charge >= 0.3 is 0 Å². The highest BCUT2D eigenvalue weighted by Gasteiger charge is 2.13. The van der Waals surface area contributed by atoms with Crippen molar-refractivity contribution in [2.45, 2.75) is 25.1 Å². The van der Waals surface area contributed by atoms with Crippen LogP contribution in [-0.2, 0) is 0 Å². The van der Waals surface area contributed by atoms with E-state index in [-0.39, 0.29) is 10.4 Å². The van der Waals surface area contributed by atoms with Gasteiger partial charge in [0.1, 0.15) is 5.82 Å². The van der Waals surface area contributed by atoms with Crippen molar-refractivity contribution < 1.29 is 4.39 Å². The average Bonchev–Trinajstić information content (AvgIpc) is 2.41. The van der Waals surface area contributed by atoms with Gasteiger partial charge in [0.15, 0.2) is 0 Å². The van der Waals surface area contributed by atoms with Crippen LogP contribution < -0.4 is 0 Å². The van der Waals surface area contributed by atoms with E-state index in [0.717, 1.165) is 5.56 Å². The van der Waals surface area contributed by atoms with E-state index in [1.165, 1.54) is 17.7 Å². The number of benzene rings is 2. The van der Waals surface area contributed by atoms with E-state index in [2.05, 4.69) is 26.0 Å². The molecule has 0 nitrogen and oxygen atoms in total. The molecule has 0 spiro atoms.